The molecule has 1 aromatic carbocycles. The molecule has 4 rings (SSSR count). The molecule has 20 heavy (non-hydrogen) atoms. The predicted octanol–water partition coefficient (Wildman–Crippen LogP) is 4.39. The van der Waals surface area contributed by atoms with Crippen LogP contribution in [0.4, 0.5) is 0 Å². The Morgan fingerprint density at radius 2 is 2.00 bits per heavy atom. The first-order valence-corrected chi connectivity index (χ1v) is 8.50. The van der Waals surface area contributed by atoms with E-state index < -0.39 is 0 Å². The molecule has 2 atom stereocenters. The van der Waals surface area contributed by atoms with Gasteiger partial charge in [0.15, 0.2) is 0 Å². The Balaban J connectivity index is 1.49. The summed E-state index contributed by atoms with van der Waals surface area (Å²) in [4.78, 5) is 2.72. The van der Waals surface area contributed by atoms with Crippen LogP contribution in [0.1, 0.15) is 57.7 Å². The van der Waals surface area contributed by atoms with Crippen molar-refractivity contribution in [3.05, 3.63) is 56.8 Å². The van der Waals surface area contributed by atoms with Crippen molar-refractivity contribution in [2.24, 2.45) is 0 Å². The third-order valence-corrected chi connectivity index (χ3v) is 6.15. The quantitative estimate of drug-likeness (QED) is 0.886. The van der Waals surface area contributed by atoms with Crippen LogP contribution in [0.25, 0.3) is 0 Å². The lowest BCUT2D eigenvalue weighted by Gasteiger charge is -2.31. The zero-order chi connectivity index (χ0) is 13.5. The van der Waals surface area contributed by atoms with E-state index in [0.29, 0.717) is 5.92 Å². The van der Waals surface area contributed by atoms with Crippen LogP contribution in [0.5, 0.6) is 0 Å². The minimum absolute atomic E-state index is 0.274. The number of hydrogen-bond donors (Lipinski definition) is 1. The molecule has 0 spiro atoms. The lowest BCUT2D eigenvalue weighted by atomic mass is 9.75. The number of aliphatic hydroxyl groups excluding tert-OH is 1. The van der Waals surface area contributed by atoms with Gasteiger partial charge in [-0.15, -0.1) is 11.3 Å². The molecule has 0 bridgehead atoms. The lowest BCUT2D eigenvalue weighted by Crippen LogP contribution is -2.19. The Morgan fingerprint density at radius 1 is 1.15 bits per heavy atom. The summed E-state index contributed by atoms with van der Waals surface area (Å²) in [6.45, 7) is 0. The first kappa shape index (κ1) is 12.6. The second kappa shape index (κ2) is 5.01. The normalized spacial score (nSPS) is 21.8. The zero-order valence-corrected chi connectivity index (χ0v) is 12.5. The average Bonchev–Trinajstić information content (AvgIpc) is 2.88. The summed E-state index contributed by atoms with van der Waals surface area (Å²) in [7, 11) is 0. The van der Waals surface area contributed by atoms with Gasteiger partial charge in [0, 0.05) is 9.75 Å². The maximum atomic E-state index is 10.5. The molecule has 2 heteroatoms. The Hall–Kier alpha value is -1.12. The highest BCUT2D eigenvalue weighted by Gasteiger charge is 2.29. The van der Waals surface area contributed by atoms with E-state index in [-0.39, 0.29) is 6.10 Å². The fraction of sp³-hybridized carbons (Fsp3) is 0.444. The molecule has 2 aliphatic carbocycles. The molecule has 2 aliphatic rings. The van der Waals surface area contributed by atoms with E-state index in [9.17, 15) is 5.11 Å². The summed E-state index contributed by atoms with van der Waals surface area (Å²) in [6, 6.07) is 10.9. The molecule has 0 saturated heterocycles. The first-order chi connectivity index (χ1) is 9.81. The number of rotatable bonds is 3. The van der Waals surface area contributed by atoms with E-state index in [1.807, 2.05) is 11.3 Å². The second-order valence-corrected chi connectivity index (χ2v) is 7.32. The number of hydrogen-bond acceptors (Lipinski definition) is 2. The Morgan fingerprint density at radius 3 is 2.85 bits per heavy atom. The van der Waals surface area contributed by atoms with Crippen LogP contribution in [-0.2, 0) is 19.3 Å². The van der Waals surface area contributed by atoms with Gasteiger partial charge in [0.2, 0.25) is 0 Å². The van der Waals surface area contributed by atoms with Gasteiger partial charge in [-0.3, -0.25) is 0 Å². The van der Waals surface area contributed by atoms with Crippen molar-refractivity contribution < 1.29 is 5.11 Å². The Labute approximate surface area is 124 Å². The monoisotopic (exact) mass is 284 g/mol. The van der Waals surface area contributed by atoms with Gasteiger partial charge in [0.25, 0.3) is 0 Å². The summed E-state index contributed by atoms with van der Waals surface area (Å²) in [5.41, 5.74) is 4.42. The topological polar surface area (TPSA) is 20.2 Å². The first-order valence-electron chi connectivity index (χ1n) is 7.68. The molecule has 0 amide bonds. The summed E-state index contributed by atoms with van der Waals surface area (Å²) in [5, 5.41) is 10.5. The van der Waals surface area contributed by atoms with Crippen molar-refractivity contribution in [2.45, 2.75) is 50.5 Å². The molecule has 0 saturated carbocycles. The Bertz CT molecular complexity index is 605. The molecule has 1 nitrogen and oxygen atoms in total. The summed E-state index contributed by atoms with van der Waals surface area (Å²) >= 11 is 1.85. The standard InChI is InChI=1S/C18H20OS/c19-16(10-14-9-12-5-1-3-7-15(12)14)18-11-13-6-2-4-8-17(13)20-18/h1,3,5,7,11,14,16,19H,2,4,6,8-10H2. The maximum absolute atomic E-state index is 10.5. The van der Waals surface area contributed by atoms with Gasteiger partial charge in [0.1, 0.15) is 0 Å². The van der Waals surface area contributed by atoms with Crippen LogP contribution >= 0.6 is 11.3 Å². The van der Waals surface area contributed by atoms with Gasteiger partial charge in [-0.05, 0) is 67.2 Å². The summed E-state index contributed by atoms with van der Waals surface area (Å²) < 4.78 is 0. The van der Waals surface area contributed by atoms with E-state index in [1.165, 1.54) is 52.1 Å². The van der Waals surface area contributed by atoms with Gasteiger partial charge in [-0.1, -0.05) is 24.3 Å². The highest BCUT2D eigenvalue weighted by Crippen LogP contribution is 2.42. The molecule has 0 aliphatic heterocycles. The average molecular weight is 284 g/mol. The predicted molar refractivity (Wildman–Crippen MR) is 83.4 cm³/mol. The SMILES string of the molecule is OC(CC1Cc2ccccc21)c1cc2c(s1)CCCC2. The smallest absolute Gasteiger partial charge is 0.0888 e. The third-order valence-electron chi connectivity index (χ3n) is 4.81. The highest BCUT2D eigenvalue weighted by molar-refractivity contribution is 7.12. The molecule has 2 aromatic rings. The molecule has 104 valence electrons. The molecule has 1 N–H and O–H groups in total. The fourth-order valence-electron chi connectivity index (χ4n) is 3.64. The van der Waals surface area contributed by atoms with Gasteiger partial charge in [-0.2, -0.15) is 0 Å². The molecule has 0 radical (unpaired) electrons. The van der Waals surface area contributed by atoms with Crippen LogP contribution in [0, 0.1) is 0 Å². The number of fused-ring (bicyclic) bond motifs is 2. The third kappa shape index (κ3) is 2.11. The second-order valence-electron chi connectivity index (χ2n) is 6.16. The van der Waals surface area contributed by atoms with Crippen molar-refractivity contribution in [1.82, 2.24) is 0 Å². The summed E-state index contributed by atoms with van der Waals surface area (Å²) in [5.74, 6) is 0.556. The van der Waals surface area contributed by atoms with E-state index in [2.05, 4.69) is 30.3 Å². The van der Waals surface area contributed by atoms with Crippen molar-refractivity contribution >= 4 is 11.3 Å². The maximum Gasteiger partial charge on any atom is 0.0888 e. The van der Waals surface area contributed by atoms with Crippen molar-refractivity contribution in [2.75, 3.05) is 0 Å². The summed E-state index contributed by atoms with van der Waals surface area (Å²) in [6.07, 6.45) is 6.82. The fourth-order valence-corrected chi connectivity index (χ4v) is 4.89. The van der Waals surface area contributed by atoms with Gasteiger partial charge < -0.3 is 5.11 Å². The molecule has 0 fully saturated rings. The minimum Gasteiger partial charge on any atom is -0.388 e. The molecular formula is C18H20OS. The number of aryl methyl sites for hydroxylation is 2. The van der Waals surface area contributed by atoms with Crippen LogP contribution in [-0.4, -0.2) is 5.11 Å². The molecule has 1 heterocycles. The minimum atomic E-state index is -0.274. The number of aliphatic hydroxyl groups is 1. The van der Waals surface area contributed by atoms with Crippen molar-refractivity contribution in [1.29, 1.82) is 0 Å². The molecular weight excluding hydrogens is 264 g/mol. The van der Waals surface area contributed by atoms with Crippen LogP contribution in [0.3, 0.4) is 0 Å². The zero-order valence-electron chi connectivity index (χ0n) is 11.6. The number of thiophene rings is 1. The molecule has 1 aromatic heterocycles. The number of benzene rings is 1. The van der Waals surface area contributed by atoms with E-state index in [4.69, 9.17) is 0 Å². The Kier molecular flexibility index (Phi) is 3.16. The van der Waals surface area contributed by atoms with Crippen LogP contribution < -0.4 is 0 Å². The largest absolute Gasteiger partial charge is 0.388 e. The van der Waals surface area contributed by atoms with E-state index in [0.717, 1.165) is 12.8 Å². The van der Waals surface area contributed by atoms with Crippen molar-refractivity contribution in [3.63, 3.8) is 0 Å². The van der Waals surface area contributed by atoms with E-state index in [1.54, 1.807) is 0 Å². The van der Waals surface area contributed by atoms with E-state index >= 15 is 0 Å². The van der Waals surface area contributed by atoms with Gasteiger partial charge >= 0.3 is 0 Å². The highest BCUT2D eigenvalue weighted by atomic mass is 32.1. The van der Waals surface area contributed by atoms with Gasteiger partial charge in [0.05, 0.1) is 6.10 Å². The molecule has 2 unspecified atom stereocenters. The van der Waals surface area contributed by atoms with Crippen molar-refractivity contribution in [3.8, 4) is 0 Å². The van der Waals surface area contributed by atoms with Gasteiger partial charge in [-0.25, -0.2) is 0 Å². The van der Waals surface area contributed by atoms with Crippen LogP contribution in [0.15, 0.2) is 30.3 Å². The van der Waals surface area contributed by atoms with Crippen LogP contribution in [0.2, 0.25) is 0 Å². The lowest BCUT2D eigenvalue weighted by molar-refractivity contribution is 0.157.